The number of aromatic nitrogens is 2. The normalized spacial score (nSPS) is 16.8. The van der Waals surface area contributed by atoms with E-state index in [9.17, 15) is 13.2 Å². The van der Waals surface area contributed by atoms with Gasteiger partial charge in [0.2, 0.25) is 5.03 Å². The van der Waals surface area contributed by atoms with E-state index in [1.54, 1.807) is 0 Å². The van der Waals surface area contributed by atoms with E-state index in [0.717, 1.165) is 17.3 Å². The number of sulfonamides is 1. The van der Waals surface area contributed by atoms with Gasteiger partial charge in [0.1, 0.15) is 5.78 Å². The van der Waals surface area contributed by atoms with Crippen LogP contribution in [-0.2, 0) is 21.2 Å². The summed E-state index contributed by atoms with van der Waals surface area (Å²) in [6, 6.07) is 9.56. The second-order valence-electron chi connectivity index (χ2n) is 5.12. The molecule has 0 N–H and O–H groups in total. The highest BCUT2D eigenvalue weighted by molar-refractivity contribution is 7.89. The zero-order valence-electron chi connectivity index (χ0n) is 11.8. The minimum atomic E-state index is -3.67. The van der Waals surface area contributed by atoms with E-state index >= 15 is 0 Å². The number of hydrogen-bond donors (Lipinski definition) is 0. The van der Waals surface area contributed by atoms with Gasteiger partial charge in [0, 0.05) is 32.4 Å². The third-order valence-electron chi connectivity index (χ3n) is 3.60. The van der Waals surface area contributed by atoms with Crippen molar-refractivity contribution in [2.75, 3.05) is 13.1 Å². The fraction of sp³-hybridized carbons (Fsp3) is 0.357. The van der Waals surface area contributed by atoms with E-state index in [1.165, 1.54) is 4.31 Å². The van der Waals surface area contributed by atoms with Crippen LogP contribution in [0.15, 0.2) is 35.4 Å². The van der Waals surface area contributed by atoms with E-state index in [-0.39, 0.29) is 36.7 Å². The van der Waals surface area contributed by atoms with Crippen molar-refractivity contribution in [1.29, 1.82) is 0 Å². The number of Topliss-reactive ketones (excluding diaryl/α,β-unsaturated/α-hetero) is 1. The van der Waals surface area contributed by atoms with E-state index in [1.807, 2.05) is 30.3 Å². The molecule has 1 aromatic carbocycles. The van der Waals surface area contributed by atoms with E-state index in [0.29, 0.717) is 12.1 Å². The molecule has 0 unspecified atom stereocenters. The topological polar surface area (TPSA) is 80.2 Å². The van der Waals surface area contributed by atoms with Gasteiger partial charge in [-0.3, -0.25) is 4.79 Å². The summed E-state index contributed by atoms with van der Waals surface area (Å²) < 4.78 is 34.8. The van der Waals surface area contributed by atoms with Gasteiger partial charge < -0.3 is 0 Å². The average Bonchev–Trinajstić information content (AvgIpc) is 2.98. The van der Waals surface area contributed by atoms with Gasteiger partial charge in [-0.1, -0.05) is 30.3 Å². The van der Waals surface area contributed by atoms with Crippen molar-refractivity contribution in [3.05, 3.63) is 41.6 Å². The van der Waals surface area contributed by atoms with Crippen molar-refractivity contribution in [2.45, 2.75) is 24.3 Å². The number of carbonyl (C=O) groups is 1. The van der Waals surface area contributed by atoms with Gasteiger partial charge >= 0.3 is 0 Å². The van der Waals surface area contributed by atoms with Crippen LogP contribution in [0.3, 0.4) is 0 Å². The molecule has 0 radical (unpaired) electrons. The number of hydrogen-bond acceptors (Lipinski definition) is 6. The Balaban J connectivity index is 1.86. The van der Waals surface area contributed by atoms with Crippen molar-refractivity contribution in [2.24, 2.45) is 0 Å². The fourth-order valence-electron chi connectivity index (χ4n) is 2.39. The fourth-order valence-corrected chi connectivity index (χ4v) is 4.72. The highest BCUT2D eigenvalue weighted by Gasteiger charge is 2.32. The molecule has 1 aliphatic heterocycles. The SMILES string of the molecule is O=C1CCN(S(=O)(=O)c2nsnc2Cc2ccccc2)CC1. The van der Waals surface area contributed by atoms with Crippen LogP contribution in [0.5, 0.6) is 0 Å². The van der Waals surface area contributed by atoms with Crippen molar-refractivity contribution in [3.63, 3.8) is 0 Å². The molecule has 2 aromatic rings. The Hall–Kier alpha value is -1.64. The van der Waals surface area contributed by atoms with Crippen LogP contribution < -0.4 is 0 Å². The molecule has 3 rings (SSSR count). The Morgan fingerprint density at radius 1 is 1.09 bits per heavy atom. The minimum absolute atomic E-state index is 0.0238. The van der Waals surface area contributed by atoms with Gasteiger partial charge in [-0.15, -0.1) is 0 Å². The quantitative estimate of drug-likeness (QED) is 0.844. The standard InChI is InChI=1S/C14H15N3O3S2/c18-12-6-8-17(9-7-12)22(19,20)14-13(15-21-16-14)10-11-4-2-1-3-5-11/h1-5H,6-10H2. The van der Waals surface area contributed by atoms with Crippen LogP contribution in [0.1, 0.15) is 24.1 Å². The summed E-state index contributed by atoms with van der Waals surface area (Å²) in [7, 11) is -3.67. The zero-order chi connectivity index (χ0) is 15.6. The largest absolute Gasteiger partial charge is 0.300 e. The molecular formula is C14H15N3O3S2. The highest BCUT2D eigenvalue weighted by Crippen LogP contribution is 2.23. The first-order valence-corrected chi connectivity index (χ1v) is 9.11. The van der Waals surface area contributed by atoms with Crippen molar-refractivity contribution < 1.29 is 13.2 Å². The number of carbonyl (C=O) groups excluding carboxylic acids is 1. The molecule has 116 valence electrons. The molecule has 0 bridgehead atoms. The van der Waals surface area contributed by atoms with Crippen LogP contribution in [0.2, 0.25) is 0 Å². The molecule has 1 fully saturated rings. The maximum atomic E-state index is 12.7. The molecule has 8 heteroatoms. The molecular weight excluding hydrogens is 322 g/mol. The molecule has 6 nitrogen and oxygen atoms in total. The summed E-state index contributed by atoms with van der Waals surface area (Å²) in [4.78, 5) is 11.3. The predicted octanol–water partition coefficient (Wildman–Crippen LogP) is 1.48. The number of nitrogens with zero attached hydrogens (tertiary/aromatic N) is 3. The summed E-state index contributed by atoms with van der Waals surface area (Å²) in [6.45, 7) is 0.451. The van der Waals surface area contributed by atoms with E-state index < -0.39 is 10.0 Å². The maximum absolute atomic E-state index is 12.7. The number of piperidine rings is 1. The minimum Gasteiger partial charge on any atom is -0.300 e. The van der Waals surface area contributed by atoms with Gasteiger partial charge in [-0.2, -0.15) is 13.1 Å². The summed E-state index contributed by atoms with van der Waals surface area (Å²) in [6.07, 6.45) is 0.967. The Kier molecular flexibility index (Phi) is 4.32. The lowest BCUT2D eigenvalue weighted by Gasteiger charge is -2.24. The van der Waals surface area contributed by atoms with Crippen LogP contribution in [0.4, 0.5) is 0 Å². The first-order valence-electron chi connectivity index (χ1n) is 6.94. The van der Waals surface area contributed by atoms with E-state index in [2.05, 4.69) is 8.75 Å². The van der Waals surface area contributed by atoms with Crippen LogP contribution in [-0.4, -0.2) is 40.3 Å². The summed E-state index contributed by atoms with van der Waals surface area (Å²) in [5, 5.41) is 0.0238. The monoisotopic (exact) mass is 337 g/mol. The van der Waals surface area contributed by atoms with Gasteiger partial charge in [0.05, 0.1) is 17.4 Å². The van der Waals surface area contributed by atoms with Gasteiger partial charge in [0.25, 0.3) is 10.0 Å². The van der Waals surface area contributed by atoms with E-state index in [4.69, 9.17) is 0 Å². The average molecular weight is 337 g/mol. The molecule has 1 aromatic heterocycles. The Morgan fingerprint density at radius 3 is 2.45 bits per heavy atom. The first-order chi connectivity index (χ1) is 10.6. The molecule has 1 aliphatic rings. The van der Waals surface area contributed by atoms with Gasteiger partial charge in [-0.25, -0.2) is 8.42 Å². The lowest BCUT2D eigenvalue weighted by Crippen LogP contribution is -2.39. The Labute approximate surface area is 133 Å². The van der Waals surface area contributed by atoms with Crippen molar-refractivity contribution >= 4 is 27.5 Å². The van der Waals surface area contributed by atoms with Crippen LogP contribution in [0, 0.1) is 0 Å². The Morgan fingerprint density at radius 2 is 1.77 bits per heavy atom. The smallest absolute Gasteiger partial charge is 0.263 e. The molecule has 2 heterocycles. The van der Waals surface area contributed by atoms with Crippen molar-refractivity contribution in [1.82, 2.24) is 13.1 Å². The number of benzene rings is 1. The first kappa shape index (κ1) is 15.3. The summed E-state index contributed by atoms with van der Waals surface area (Å²) in [5.41, 5.74) is 1.45. The molecule has 0 aliphatic carbocycles. The maximum Gasteiger partial charge on any atom is 0.263 e. The molecule has 0 amide bonds. The van der Waals surface area contributed by atoms with Crippen molar-refractivity contribution in [3.8, 4) is 0 Å². The van der Waals surface area contributed by atoms with Gasteiger partial charge in [-0.05, 0) is 5.56 Å². The number of rotatable bonds is 4. The third-order valence-corrected chi connectivity index (χ3v) is 6.14. The Bertz CT molecular complexity index is 762. The molecule has 0 atom stereocenters. The highest BCUT2D eigenvalue weighted by atomic mass is 32.2. The number of ketones is 1. The molecule has 22 heavy (non-hydrogen) atoms. The van der Waals surface area contributed by atoms with Crippen LogP contribution >= 0.6 is 11.7 Å². The second-order valence-corrected chi connectivity index (χ2v) is 7.50. The second kappa shape index (κ2) is 6.23. The predicted molar refractivity (Wildman–Crippen MR) is 82.2 cm³/mol. The third kappa shape index (κ3) is 3.08. The molecule has 0 saturated carbocycles. The zero-order valence-corrected chi connectivity index (χ0v) is 13.4. The summed E-state index contributed by atoms with van der Waals surface area (Å²) in [5.74, 6) is 0.104. The molecule has 1 saturated heterocycles. The van der Waals surface area contributed by atoms with Gasteiger partial charge in [0.15, 0.2) is 0 Å². The lowest BCUT2D eigenvalue weighted by atomic mass is 10.1. The molecule has 0 spiro atoms. The summed E-state index contributed by atoms with van der Waals surface area (Å²) >= 11 is 0.904. The lowest BCUT2D eigenvalue weighted by molar-refractivity contribution is -0.120. The van der Waals surface area contributed by atoms with Crippen LogP contribution in [0.25, 0.3) is 0 Å².